The third kappa shape index (κ3) is 5.35. The van der Waals surface area contributed by atoms with Gasteiger partial charge in [-0.2, -0.15) is 5.10 Å². The van der Waals surface area contributed by atoms with Crippen LogP contribution in [0.2, 0.25) is 0 Å². The van der Waals surface area contributed by atoms with Crippen molar-refractivity contribution in [3.63, 3.8) is 0 Å². The molecule has 0 bridgehead atoms. The maximum absolute atomic E-state index is 13.1. The van der Waals surface area contributed by atoms with Crippen LogP contribution >= 0.6 is 0 Å². The number of nitrogens with one attached hydrogen (secondary N) is 1. The van der Waals surface area contributed by atoms with Crippen LogP contribution in [-0.2, 0) is 0 Å². The van der Waals surface area contributed by atoms with Gasteiger partial charge in [-0.05, 0) is 56.2 Å². The van der Waals surface area contributed by atoms with Gasteiger partial charge in [0.15, 0.2) is 0 Å². The van der Waals surface area contributed by atoms with Crippen molar-refractivity contribution in [2.75, 3.05) is 25.0 Å². The molecule has 0 aliphatic rings. The molecule has 1 N–H and O–H groups in total. The average Bonchev–Trinajstić information content (AvgIpc) is 3.22. The SMILES string of the molecule is CCN(CC)C(=O)c1cnn(-c2ccccc2)c1NC(=O)c1ccc(OCC(C)C)cc1. The highest BCUT2D eigenvalue weighted by Crippen LogP contribution is 2.23. The van der Waals surface area contributed by atoms with Gasteiger partial charge in [0.05, 0.1) is 18.5 Å². The summed E-state index contributed by atoms with van der Waals surface area (Å²) in [5.74, 6) is 0.967. The number of carbonyl (C=O) groups is 2. The maximum Gasteiger partial charge on any atom is 0.259 e. The van der Waals surface area contributed by atoms with Gasteiger partial charge >= 0.3 is 0 Å². The molecule has 0 unspecified atom stereocenters. The van der Waals surface area contributed by atoms with Crippen molar-refractivity contribution in [2.24, 2.45) is 5.92 Å². The van der Waals surface area contributed by atoms with Gasteiger partial charge < -0.3 is 15.0 Å². The maximum atomic E-state index is 13.1. The Morgan fingerprint density at radius 1 is 1.03 bits per heavy atom. The molecular weight excluding hydrogens is 404 g/mol. The predicted molar refractivity (Wildman–Crippen MR) is 126 cm³/mol. The molecule has 1 heterocycles. The first-order valence-electron chi connectivity index (χ1n) is 10.9. The molecule has 0 aliphatic carbocycles. The van der Waals surface area contributed by atoms with Crippen molar-refractivity contribution >= 4 is 17.6 Å². The molecule has 0 spiro atoms. The highest BCUT2D eigenvalue weighted by atomic mass is 16.5. The normalized spacial score (nSPS) is 10.8. The summed E-state index contributed by atoms with van der Waals surface area (Å²) < 4.78 is 7.27. The minimum absolute atomic E-state index is 0.176. The number of anilines is 1. The smallest absolute Gasteiger partial charge is 0.259 e. The Bertz CT molecular complexity index is 1040. The van der Waals surface area contributed by atoms with Crippen molar-refractivity contribution < 1.29 is 14.3 Å². The van der Waals surface area contributed by atoms with E-state index in [-0.39, 0.29) is 11.8 Å². The minimum Gasteiger partial charge on any atom is -0.493 e. The van der Waals surface area contributed by atoms with E-state index >= 15 is 0 Å². The second-order valence-corrected chi connectivity index (χ2v) is 7.81. The predicted octanol–water partition coefficient (Wildman–Crippen LogP) is 4.64. The first-order chi connectivity index (χ1) is 15.4. The van der Waals surface area contributed by atoms with Gasteiger partial charge in [0.2, 0.25) is 0 Å². The van der Waals surface area contributed by atoms with Crippen LogP contribution in [0.25, 0.3) is 5.69 Å². The van der Waals surface area contributed by atoms with E-state index in [4.69, 9.17) is 4.74 Å². The molecule has 168 valence electrons. The monoisotopic (exact) mass is 434 g/mol. The number of hydrogen-bond donors (Lipinski definition) is 1. The second-order valence-electron chi connectivity index (χ2n) is 7.81. The van der Waals surface area contributed by atoms with Crippen LogP contribution < -0.4 is 10.1 Å². The van der Waals surface area contributed by atoms with Gasteiger partial charge in [-0.25, -0.2) is 4.68 Å². The first kappa shape index (κ1) is 23.1. The number of carbonyl (C=O) groups excluding carboxylic acids is 2. The Morgan fingerprint density at radius 2 is 1.69 bits per heavy atom. The zero-order valence-electron chi connectivity index (χ0n) is 19.0. The molecule has 7 heteroatoms. The molecule has 0 atom stereocenters. The van der Waals surface area contributed by atoms with E-state index in [0.29, 0.717) is 48.3 Å². The van der Waals surface area contributed by atoms with Crippen LogP contribution in [0.1, 0.15) is 48.4 Å². The Balaban J connectivity index is 1.90. The number of ether oxygens (including phenoxy) is 1. The van der Waals surface area contributed by atoms with E-state index in [2.05, 4.69) is 24.3 Å². The van der Waals surface area contributed by atoms with Crippen molar-refractivity contribution in [3.05, 3.63) is 71.9 Å². The molecular formula is C25H30N4O3. The van der Waals surface area contributed by atoms with Gasteiger partial charge in [0.25, 0.3) is 11.8 Å². The molecule has 3 aromatic rings. The molecule has 0 saturated carbocycles. The number of para-hydroxylation sites is 1. The number of hydrogen-bond acceptors (Lipinski definition) is 4. The second kappa shape index (κ2) is 10.6. The number of rotatable bonds is 9. The molecule has 1 aromatic heterocycles. The lowest BCUT2D eigenvalue weighted by molar-refractivity contribution is 0.0774. The first-order valence-corrected chi connectivity index (χ1v) is 10.9. The van der Waals surface area contributed by atoms with Gasteiger partial charge in [0, 0.05) is 18.7 Å². The van der Waals surface area contributed by atoms with Crippen molar-refractivity contribution in [2.45, 2.75) is 27.7 Å². The van der Waals surface area contributed by atoms with E-state index < -0.39 is 0 Å². The summed E-state index contributed by atoms with van der Waals surface area (Å²) >= 11 is 0. The fraction of sp³-hybridized carbons (Fsp3) is 0.320. The Morgan fingerprint density at radius 3 is 2.28 bits per heavy atom. The molecule has 0 saturated heterocycles. The number of nitrogens with zero attached hydrogens (tertiary/aromatic N) is 3. The fourth-order valence-corrected chi connectivity index (χ4v) is 3.22. The summed E-state index contributed by atoms with van der Waals surface area (Å²) in [5, 5.41) is 7.30. The van der Waals surface area contributed by atoms with Crippen LogP contribution in [-0.4, -0.2) is 46.2 Å². The Hall–Kier alpha value is -3.61. The molecule has 2 aromatic carbocycles. The quantitative estimate of drug-likeness (QED) is 0.532. The molecule has 7 nitrogen and oxygen atoms in total. The third-order valence-electron chi connectivity index (χ3n) is 4.98. The van der Waals surface area contributed by atoms with Crippen LogP contribution in [0.5, 0.6) is 5.75 Å². The van der Waals surface area contributed by atoms with E-state index in [9.17, 15) is 9.59 Å². The number of aromatic nitrogens is 2. The zero-order chi connectivity index (χ0) is 23.1. The lowest BCUT2D eigenvalue weighted by Gasteiger charge is -2.19. The fourth-order valence-electron chi connectivity index (χ4n) is 3.22. The van der Waals surface area contributed by atoms with Crippen LogP contribution in [0.3, 0.4) is 0 Å². The molecule has 0 aliphatic heterocycles. The molecule has 0 fully saturated rings. The van der Waals surface area contributed by atoms with Crippen LogP contribution in [0.4, 0.5) is 5.82 Å². The Labute approximate surface area is 189 Å². The van der Waals surface area contributed by atoms with Crippen LogP contribution in [0, 0.1) is 5.92 Å². The topological polar surface area (TPSA) is 76.5 Å². The van der Waals surface area contributed by atoms with Crippen molar-refractivity contribution in [1.82, 2.24) is 14.7 Å². The Kier molecular flexibility index (Phi) is 7.65. The lowest BCUT2D eigenvalue weighted by Crippen LogP contribution is -2.31. The van der Waals surface area contributed by atoms with E-state index in [0.717, 1.165) is 5.69 Å². The van der Waals surface area contributed by atoms with Gasteiger partial charge in [-0.15, -0.1) is 0 Å². The standard InChI is InChI=1S/C25H30N4O3/c1-5-28(6-2)25(31)22-16-26-29(20-10-8-7-9-11-20)23(22)27-24(30)19-12-14-21(15-13-19)32-17-18(3)4/h7-16,18H,5-6,17H2,1-4H3,(H,27,30). The minimum atomic E-state index is -0.327. The van der Waals surface area contributed by atoms with E-state index in [1.54, 1.807) is 33.8 Å². The summed E-state index contributed by atoms with van der Waals surface area (Å²) in [7, 11) is 0. The number of amides is 2. The summed E-state index contributed by atoms with van der Waals surface area (Å²) in [6.07, 6.45) is 1.51. The summed E-state index contributed by atoms with van der Waals surface area (Å²) in [4.78, 5) is 27.8. The lowest BCUT2D eigenvalue weighted by atomic mass is 10.2. The van der Waals surface area contributed by atoms with Gasteiger partial charge in [-0.1, -0.05) is 32.0 Å². The average molecular weight is 435 g/mol. The highest BCUT2D eigenvalue weighted by Gasteiger charge is 2.23. The van der Waals surface area contributed by atoms with E-state index in [1.165, 1.54) is 6.20 Å². The van der Waals surface area contributed by atoms with Gasteiger partial charge in [0.1, 0.15) is 17.1 Å². The highest BCUT2D eigenvalue weighted by molar-refractivity contribution is 6.08. The molecule has 32 heavy (non-hydrogen) atoms. The van der Waals surface area contributed by atoms with Crippen molar-refractivity contribution in [1.29, 1.82) is 0 Å². The third-order valence-corrected chi connectivity index (χ3v) is 4.98. The van der Waals surface area contributed by atoms with Crippen LogP contribution in [0.15, 0.2) is 60.8 Å². The molecule has 3 rings (SSSR count). The summed E-state index contributed by atoms with van der Waals surface area (Å²) in [6.45, 7) is 9.74. The molecule has 2 amide bonds. The summed E-state index contributed by atoms with van der Waals surface area (Å²) in [5.41, 5.74) is 1.56. The number of benzene rings is 2. The summed E-state index contributed by atoms with van der Waals surface area (Å²) in [6, 6.07) is 16.4. The van der Waals surface area contributed by atoms with E-state index in [1.807, 2.05) is 44.2 Å². The van der Waals surface area contributed by atoms with Crippen molar-refractivity contribution in [3.8, 4) is 11.4 Å². The molecule has 0 radical (unpaired) electrons. The largest absolute Gasteiger partial charge is 0.493 e. The zero-order valence-corrected chi connectivity index (χ0v) is 19.0. The van der Waals surface area contributed by atoms with Gasteiger partial charge in [-0.3, -0.25) is 9.59 Å².